The van der Waals surface area contributed by atoms with Crippen LogP contribution in [-0.2, 0) is 10.8 Å². The number of rotatable bonds is 3. The number of aromatic nitrogens is 3. The third-order valence-electron chi connectivity index (χ3n) is 11.7. The van der Waals surface area contributed by atoms with Gasteiger partial charge in [0, 0.05) is 27.5 Å². The second kappa shape index (κ2) is 10.7. The van der Waals surface area contributed by atoms with E-state index in [1.165, 1.54) is 43.8 Å². The SMILES string of the molecule is CC1(C)c2cc(-c3nc(-c4ccccc4)nc(-c4ccc5c(c4)oc4ccccc45)n3)ccc2-c2c(ccc3ccc4ccccc4c23)C1(C)C. The van der Waals surface area contributed by atoms with Gasteiger partial charge >= 0.3 is 0 Å². The first-order valence-corrected chi connectivity index (χ1v) is 17.6. The van der Waals surface area contributed by atoms with Crippen LogP contribution in [0.2, 0.25) is 0 Å². The molecule has 0 aliphatic heterocycles. The third-order valence-corrected chi connectivity index (χ3v) is 11.7. The monoisotopic (exact) mass is 657 g/mol. The topological polar surface area (TPSA) is 51.8 Å². The van der Waals surface area contributed by atoms with Crippen molar-refractivity contribution in [2.75, 3.05) is 0 Å². The fraction of sp³-hybridized carbons (Fsp3) is 0.128. The number of hydrogen-bond acceptors (Lipinski definition) is 4. The lowest BCUT2D eigenvalue weighted by Gasteiger charge is -2.48. The zero-order valence-corrected chi connectivity index (χ0v) is 29.0. The van der Waals surface area contributed by atoms with Gasteiger partial charge in [0.25, 0.3) is 0 Å². The van der Waals surface area contributed by atoms with Gasteiger partial charge in [-0.1, -0.05) is 143 Å². The van der Waals surface area contributed by atoms with E-state index in [4.69, 9.17) is 19.4 Å². The smallest absolute Gasteiger partial charge is 0.164 e. The third kappa shape index (κ3) is 4.36. The van der Waals surface area contributed by atoms with E-state index in [1.807, 2.05) is 42.5 Å². The number of nitrogens with zero attached hydrogens (tertiary/aromatic N) is 3. The predicted octanol–water partition coefficient (Wildman–Crippen LogP) is 12.3. The molecule has 0 fully saturated rings. The molecule has 0 unspecified atom stereocenters. The van der Waals surface area contributed by atoms with Crippen LogP contribution >= 0.6 is 0 Å². The van der Waals surface area contributed by atoms with Crippen LogP contribution in [0.5, 0.6) is 0 Å². The van der Waals surface area contributed by atoms with Gasteiger partial charge < -0.3 is 4.42 Å². The van der Waals surface area contributed by atoms with Crippen molar-refractivity contribution < 1.29 is 4.42 Å². The van der Waals surface area contributed by atoms with Gasteiger partial charge in [-0.05, 0) is 78.9 Å². The van der Waals surface area contributed by atoms with Crippen molar-refractivity contribution in [2.24, 2.45) is 0 Å². The Morgan fingerprint density at radius 1 is 0.431 bits per heavy atom. The highest BCUT2D eigenvalue weighted by atomic mass is 16.3. The van der Waals surface area contributed by atoms with Crippen LogP contribution in [0.1, 0.15) is 38.8 Å². The van der Waals surface area contributed by atoms with E-state index in [0.717, 1.165) is 38.6 Å². The van der Waals surface area contributed by atoms with Gasteiger partial charge in [-0.2, -0.15) is 0 Å². The number of para-hydroxylation sites is 1. The summed E-state index contributed by atoms with van der Waals surface area (Å²) in [7, 11) is 0. The highest BCUT2D eigenvalue weighted by Crippen LogP contribution is 2.56. The molecule has 9 aromatic rings. The lowest BCUT2D eigenvalue weighted by molar-refractivity contribution is 0.299. The normalized spacial score (nSPS) is 14.6. The molecular weight excluding hydrogens is 623 g/mol. The molecule has 0 amide bonds. The van der Waals surface area contributed by atoms with Crippen LogP contribution in [-0.4, -0.2) is 15.0 Å². The summed E-state index contributed by atoms with van der Waals surface area (Å²) in [4.78, 5) is 15.3. The molecule has 4 nitrogen and oxygen atoms in total. The fourth-order valence-electron chi connectivity index (χ4n) is 8.21. The molecule has 1 aliphatic rings. The molecule has 51 heavy (non-hydrogen) atoms. The Morgan fingerprint density at radius 2 is 1.02 bits per heavy atom. The molecule has 1 aliphatic carbocycles. The van der Waals surface area contributed by atoms with Crippen molar-refractivity contribution in [1.29, 1.82) is 0 Å². The Hall–Kier alpha value is -6.13. The van der Waals surface area contributed by atoms with Crippen LogP contribution in [0.15, 0.2) is 144 Å². The summed E-state index contributed by atoms with van der Waals surface area (Å²) in [5, 5.41) is 7.29. The Balaban J connectivity index is 1.20. The zero-order chi connectivity index (χ0) is 34.5. The molecule has 10 rings (SSSR count). The maximum absolute atomic E-state index is 6.26. The first-order valence-electron chi connectivity index (χ1n) is 17.6. The lowest BCUT2D eigenvalue weighted by Crippen LogP contribution is -2.43. The van der Waals surface area contributed by atoms with Gasteiger partial charge in [0.15, 0.2) is 17.5 Å². The molecule has 0 spiro atoms. The summed E-state index contributed by atoms with van der Waals surface area (Å²) in [5.74, 6) is 1.90. The first kappa shape index (κ1) is 29.8. The van der Waals surface area contributed by atoms with Crippen molar-refractivity contribution in [3.63, 3.8) is 0 Å². The summed E-state index contributed by atoms with van der Waals surface area (Å²) in [5.41, 5.74) is 9.42. The second-order valence-corrected chi connectivity index (χ2v) is 14.9. The number of hydrogen-bond donors (Lipinski definition) is 0. The standard InChI is InChI=1S/C47H35N3O/c1-46(2)37-25-22-29-19-18-28-12-8-9-15-33(28)41(29)42(37)36-24-21-31(26-38(36)47(46,3)4)44-48-43(30-13-6-5-7-14-30)49-45(50-44)32-20-23-35-34-16-10-11-17-39(34)51-40(35)27-32/h5-27H,1-4H3. The van der Waals surface area contributed by atoms with Gasteiger partial charge in [-0.3, -0.25) is 0 Å². The summed E-state index contributed by atoms with van der Waals surface area (Å²) >= 11 is 0. The maximum atomic E-state index is 6.26. The van der Waals surface area contributed by atoms with Crippen LogP contribution in [0.4, 0.5) is 0 Å². The molecule has 0 N–H and O–H groups in total. The minimum Gasteiger partial charge on any atom is -0.456 e. The Labute approximate surface area is 296 Å². The van der Waals surface area contributed by atoms with Crippen molar-refractivity contribution >= 4 is 43.5 Å². The van der Waals surface area contributed by atoms with Crippen LogP contribution < -0.4 is 0 Å². The van der Waals surface area contributed by atoms with Crippen molar-refractivity contribution in [3.8, 4) is 45.3 Å². The molecule has 0 bridgehead atoms. The quantitative estimate of drug-likeness (QED) is 0.177. The predicted molar refractivity (Wildman–Crippen MR) is 210 cm³/mol. The highest BCUT2D eigenvalue weighted by molar-refractivity contribution is 6.16. The van der Waals surface area contributed by atoms with Gasteiger partial charge in [0.05, 0.1) is 0 Å². The molecule has 0 saturated heterocycles. The van der Waals surface area contributed by atoms with Gasteiger partial charge in [-0.15, -0.1) is 0 Å². The Kier molecular flexibility index (Phi) is 6.23. The van der Waals surface area contributed by atoms with E-state index in [1.54, 1.807) is 0 Å². The van der Waals surface area contributed by atoms with Crippen molar-refractivity contribution in [3.05, 3.63) is 151 Å². The molecular formula is C47H35N3O. The van der Waals surface area contributed by atoms with E-state index >= 15 is 0 Å². The summed E-state index contributed by atoms with van der Waals surface area (Å²) in [6.07, 6.45) is 0. The van der Waals surface area contributed by atoms with Crippen LogP contribution in [0.3, 0.4) is 0 Å². The van der Waals surface area contributed by atoms with E-state index in [2.05, 4.69) is 125 Å². The molecule has 0 saturated carbocycles. The second-order valence-electron chi connectivity index (χ2n) is 14.9. The van der Waals surface area contributed by atoms with E-state index in [-0.39, 0.29) is 10.8 Å². The molecule has 244 valence electrons. The Morgan fingerprint density at radius 3 is 1.82 bits per heavy atom. The summed E-state index contributed by atoms with van der Waals surface area (Å²) < 4.78 is 6.26. The minimum absolute atomic E-state index is 0.152. The molecule has 4 heteroatoms. The van der Waals surface area contributed by atoms with Crippen molar-refractivity contribution in [2.45, 2.75) is 38.5 Å². The molecule has 0 atom stereocenters. The Bertz CT molecular complexity index is 2860. The average Bonchev–Trinajstić information content (AvgIpc) is 3.55. The van der Waals surface area contributed by atoms with Crippen molar-refractivity contribution in [1.82, 2.24) is 15.0 Å². The molecule has 2 aromatic heterocycles. The maximum Gasteiger partial charge on any atom is 0.164 e. The van der Waals surface area contributed by atoms with Crippen LogP contribution in [0.25, 0.3) is 88.8 Å². The zero-order valence-electron chi connectivity index (χ0n) is 29.0. The molecule has 0 radical (unpaired) electrons. The van der Waals surface area contributed by atoms with E-state index < -0.39 is 0 Å². The fourth-order valence-corrected chi connectivity index (χ4v) is 8.21. The van der Waals surface area contributed by atoms with E-state index in [0.29, 0.717) is 17.5 Å². The number of fused-ring (bicyclic) bond motifs is 10. The molecule has 7 aromatic carbocycles. The van der Waals surface area contributed by atoms with Gasteiger partial charge in [0.2, 0.25) is 0 Å². The number of benzene rings is 7. The largest absolute Gasteiger partial charge is 0.456 e. The first-order chi connectivity index (χ1) is 24.8. The number of furan rings is 1. The van der Waals surface area contributed by atoms with E-state index in [9.17, 15) is 0 Å². The van der Waals surface area contributed by atoms with Gasteiger partial charge in [0.1, 0.15) is 11.2 Å². The summed E-state index contributed by atoms with van der Waals surface area (Å²) in [6, 6.07) is 49.3. The van der Waals surface area contributed by atoms with Gasteiger partial charge in [-0.25, -0.2) is 15.0 Å². The minimum atomic E-state index is -0.186. The summed E-state index contributed by atoms with van der Waals surface area (Å²) in [6.45, 7) is 9.54. The average molecular weight is 658 g/mol. The highest BCUT2D eigenvalue weighted by Gasteiger charge is 2.46. The van der Waals surface area contributed by atoms with Crippen LogP contribution in [0, 0.1) is 0 Å². The lowest BCUT2D eigenvalue weighted by atomic mass is 9.55. The molecule has 2 heterocycles.